The van der Waals surface area contributed by atoms with Crippen molar-refractivity contribution in [1.82, 2.24) is 10.2 Å². The van der Waals surface area contributed by atoms with Crippen LogP contribution in [0.5, 0.6) is 0 Å². The van der Waals surface area contributed by atoms with Crippen molar-refractivity contribution in [2.45, 2.75) is 51.2 Å². The van der Waals surface area contributed by atoms with Crippen LogP contribution in [0.2, 0.25) is 0 Å². The van der Waals surface area contributed by atoms with Crippen LogP contribution in [0.3, 0.4) is 0 Å². The second-order valence-corrected chi connectivity index (χ2v) is 7.38. The highest BCUT2D eigenvalue weighted by molar-refractivity contribution is 8.00. The predicted molar refractivity (Wildman–Crippen MR) is 86.8 cm³/mol. The average Bonchev–Trinajstić information content (AvgIpc) is 2.49. The second kappa shape index (κ2) is 7.38. The van der Waals surface area contributed by atoms with Crippen molar-refractivity contribution in [2.24, 2.45) is 5.41 Å². The van der Waals surface area contributed by atoms with Gasteiger partial charge in [0.2, 0.25) is 0 Å². The Morgan fingerprint density at radius 3 is 2.19 bits per heavy atom. The molecule has 2 amide bonds. The zero-order valence-corrected chi connectivity index (χ0v) is 14.4. The summed E-state index contributed by atoms with van der Waals surface area (Å²) in [7, 11) is 0. The largest absolute Gasteiger partial charge is 0.481 e. The standard InChI is InChI=1S/C15H28N2O3S/c1-5-15(6-2,21-4)11-16-13(20)17-9-7-14(3,8-10-17)12(18)19/h5-11H2,1-4H3,(H,16,20)(H,18,19). The molecule has 0 bridgehead atoms. The van der Waals surface area contributed by atoms with E-state index in [1.165, 1.54) is 0 Å². The number of carboxylic acids is 1. The van der Waals surface area contributed by atoms with Gasteiger partial charge < -0.3 is 15.3 Å². The van der Waals surface area contributed by atoms with Gasteiger partial charge in [0.1, 0.15) is 0 Å². The molecule has 0 aromatic carbocycles. The number of carbonyl (C=O) groups excluding carboxylic acids is 1. The SMILES string of the molecule is CCC(CC)(CNC(=O)N1CCC(C)(C(=O)O)CC1)SC. The van der Waals surface area contributed by atoms with Crippen LogP contribution < -0.4 is 5.32 Å². The normalized spacial score (nSPS) is 18.4. The fraction of sp³-hybridized carbons (Fsp3) is 0.867. The third kappa shape index (κ3) is 4.28. The number of nitrogens with one attached hydrogen (secondary N) is 1. The molecule has 21 heavy (non-hydrogen) atoms. The Bertz CT molecular complexity index is 367. The first-order valence-electron chi connectivity index (χ1n) is 7.64. The first-order valence-corrected chi connectivity index (χ1v) is 8.86. The Labute approximate surface area is 131 Å². The minimum absolute atomic E-state index is 0.0669. The van der Waals surface area contributed by atoms with Gasteiger partial charge in [0.25, 0.3) is 0 Å². The topological polar surface area (TPSA) is 69.6 Å². The highest BCUT2D eigenvalue weighted by atomic mass is 32.2. The van der Waals surface area contributed by atoms with Gasteiger partial charge in [-0.2, -0.15) is 11.8 Å². The van der Waals surface area contributed by atoms with E-state index >= 15 is 0 Å². The Morgan fingerprint density at radius 2 is 1.81 bits per heavy atom. The van der Waals surface area contributed by atoms with Gasteiger partial charge in [0.15, 0.2) is 0 Å². The van der Waals surface area contributed by atoms with Gasteiger partial charge in [-0.25, -0.2) is 4.79 Å². The number of urea groups is 1. The number of amides is 2. The van der Waals surface area contributed by atoms with Crippen LogP contribution in [-0.2, 0) is 4.79 Å². The fourth-order valence-corrected chi connectivity index (χ4v) is 3.42. The highest BCUT2D eigenvalue weighted by Crippen LogP contribution is 2.32. The number of carboxylic acid groups (broad SMARTS) is 1. The number of nitrogens with zero attached hydrogens (tertiary/aromatic N) is 1. The number of hydrogen-bond donors (Lipinski definition) is 2. The van der Waals surface area contributed by atoms with Gasteiger partial charge >= 0.3 is 12.0 Å². The quantitative estimate of drug-likeness (QED) is 0.790. The summed E-state index contributed by atoms with van der Waals surface area (Å²) in [4.78, 5) is 25.2. The van der Waals surface area contributed by atoms with Crippen LogP contribution >= 0.6 is 11.8 Å². The number of hydrogen-bond acceptors (Lipinski definition) is 3. The summed E-state index contributed by atoms with van der Waals surface area (Å²) in [5.41, 5.74) is -0.688. The molecule has 1 aliphatic heterocycles. The van der Waals surface area contributed by atoms with E-state index in [1.807, 2.05) is 0 Å². The van der Waals surface area contributed by atoms with E-state index in [0.29, 0.717) is 32.5 Å². The van der Waals surface area contributed by atoms with Crippen molar-refractivity contribution in [3.8, 4) is 0 Å². The highest BCUT2D eigenvalue weighted by Gasteiger charge is 2.38. The van der Waals surface area contributed by atoms with E-state index in [4.69, 9.17) is 0 Å². The molecular formula is C15H28N2O3S. The number of carbonyl (C=O) groups is 2. The molecule has 0 aliphatic carbocycles. The van der Waals surface area contributed by atoms with Gasteiger partial charge in [-0.05, 0) is 38.9 Å². The molecule has 0 aromatic heterocycles. The molecule has 122 valence electrons. The third-order valence-electron chi connectivity index (χ3n) is 4.95. The maximum Gasteiger partial charge on any atom is 0.317 e. The minimum atomic E-state index is -0.763. The fourth-order valence-electron chi connectivity index (χ4n) is 2.63. The number of piperidine rings is 1. The Kier molecular flexibility index (Phi) is 6.38. The number of thioether (sulfide) groups is 1. The molecule has 2 N–H and O–H groups in total. The molecule has 1 saturated heterocycles. The minimum Gasteiger partial charge on any atom is -0.481 e. The van der Waals surface area contributed by atoms with E-state index < -0.39 is 11.4 Å². The molecule has 0 aromatic rings. The lowest BCUT2D eigenvalue weighted by molar-refractivity contribution is -0.150. The summed E-state index contributed by atoms with van der Waals surface area (Å²) in [6.45, 7) is 7.74. The Morgan fingerprint density at radius 1 is 1.29 bits per heavy atom. The van der Waals surface area contributed by atoms with Crippen molar-refractivity contribution in [3.63, 3.8) is 0 Å². The Balaban J connectivity index is 2.50. The van der Waals surface area contributed by atoms with Gasteiger partial charge in [-0.1, -0.05) is 13.8 Å². The molecule has 1 aliphatic rings. The average molecular weight is 316 g/mol. The van der Waals surface area contributed by atoms with Crippen LogP contribution in [0.1, 0.15) is 46.5 Å². The summed E-state index contributed by atoms with van der Waals surface area (Å²) in [6.07, 6.45) is 5.15. The summed E-state index contributed by atoms with van der Waals surface area (Å²) < 4.78 is 0.0982. The number of likely N-dealkylation sites (tertiary alicyclic amines) is 1. The summed E-state index contributed by atoms with van der Waals surface area (Å²) in [5, 5.41) is 12.2. The summed E-state index contributed by atoms with van der Waals surface area (Å²) in [5.74, 6) is -0.763. The van der Waals surface area contributed by atoms with Crippen molar-refractivity contribution < 1.29 is 14.7 Å². The van der Waals surface area contributed by atoms with Crippen LogP contribution in [-0.4, -0.2) is 52.6 Å². The zero-order chi connectivity index (χ0) is 16.1. The first kappa shape index (κ1) is 18.1. The Hall–Kier alpha value is -0.910. The smallest absolute Gasteiger partial charge is 0.317 e. The van der Waals surface area contributed by atoms with Crippen LogP contribution in [0, 0.1) is 5.41 Å². The number of rotatable bonds is 6. The molecule has 0 atom stereocenters. The number of aliphatic carboxylic acids is 1. The lowest BCUT2D eigenvalue weighted by atomic mass is 9.80. The molecule has 1 heterocycles. The zero-order valence-electron chi connectivity index (χ0n) is 13.6. The van der Waals surface area contributed by atoms with Crippen LogP contribution in [0.25, 0.3) is 0 Å². The van der Waals surface area contributed by atoms with Crippen molar-refractivity contribution in [2.75, 3.05) is 25.9 Å². The molecule has 1 rings (SSSR count). The van der Waals surface area contributed by atoms with E-state index in [1.54, 1.807) is 23.6 Å². The van der Waals surface area contributed by atoms with E-state index in [2.05, 4.69) is 25.4 Å². The first-order chi connectivity index (χ1) is 9.82. The van der Waals surface area contributed by atoms with E-state index in [-0.39, 0.29) is 10.8 Å². The maximum atomic E-state index is 12.2. The summed E-state index contributed by atoms with van der Waals surface area (Å²) >= 11 is 1.80. The van der Waals surface area contributed by atoms with Crippen molar-refractivity contribution in [3.05, 3.63) is 0 Å². The molecule has 6 heteroatoms. The molecule has 1 fully saturated rings. The predicted octanol–water partition coefficient (Wildman–Crippen LogP) is 2.80. The molecule has 5 nitrogen and oxygen atoms in total. The third-order valence-corrected chi connectivity index (χ3v) is 6.54. The van der Waals surface area contributed by atoms with E-state index in [0.717, 1.165) is 12.8 Å². The maximum absolute atomic E-state index is 12.2. The van der Waals surface area contributed by atoms with Crippen molar-refractivity contribution >= 4 is 23.8 Å². The monoisotopic (exact) mass is 316 g/mol. The lowest BCUT2D eigenvalue weighted by Gasteiger charge is -2.37. The molecule has 0 spiro atoms. The van der Waals surface area contributed by atoms with Gasteiger partial charge in [-0.3, -0.25) is 4.79 Å². The lowest BCUT2D eigenvalue weighted by Crippen LogP contribution is -2.51. The van der Waals surface area contributed by atoms with Crippen LogP contribution in [0.15, 0.2) is 0 Å². The van der Waals surface area contributed by atoms with Gasteiger partial charge in [-0.15, -0.1) is 0 Å². The molecule has 0 saturated carbocycles. The van der Waals surface area contributed by atoms with Gasteiger partial charge in [0.05, 0.1) is 5.41 Å². The molecular weight excluding hydrogens is 288 g/mol. The second-order valence-electron chi connectivity index (χ2n) is 6.11. The molecule has 0 radical (unpaired) electrons. The van der Waals surface area contributed by atoms with Crippen molar-refractivity contribution in [1.29, 1.82) is 0 Å². The van der Waals surface area contributed by atoms with Gasteiger partial charge in [0, 0.05) is 24.4 Å². The van der Waals surface area contributed by atoms with Crippen LogP contribution in [0.4, 0.5) is 4.79 Å². The van der Waals surface area contributed by atoms with E-state index in [9.17, 15) is 14.7 Å². The molecule has 0 unspecified atom stereocenters. The summed E-state index contributed by atoms with van der Waals surface area (Å²) in [6, 6.07) is -0.0669.